The topological polar surface area (TPSA) is 87.3 Å². The molecular formula is C17H13N3O4. The van der Waals surface area contributed by atoms with Gasteiger partial charge in [0.25, 0.3) is 5.69 Å². The molecule has 24 heavy (non-hydrogen) atoms. The standard InChI is InChI=1S/C17H13N3O4/c1-19-11-12(4-7-17(19)21)15-9-13(20(22)23)5-6-16(15)24-14-3-2-8-18-10-14/h2-11H,1H3. The first-order chi connectivity index (χ1) is 11.5. The maximum absolute atomic E-state index is 11.6. The number of nitro groups is 1. The van der Waals surface area contributed by atoms with E-state index in [4.69, 9.17) is 4.74 Å². The van der Waals surface area contributed by atoms with E-state index >= 15 is 0 Å². The van der Waals surface area contributed by atoms with Gasteiger partial charge < -0.3 is 9.30 Å². The third-order valence-electron chi connectivity index (χ3n) is 3.43. The molecule has 120 valence electrons. The van der Waals surface area contributed by atoms with E-state index in [0.29, 0.717) is 22.6 Å². The van der Waals surface area contributed by atoms with E-state index in [-0.39, 0.29) is 11.2 Å². The Kier molecular flexibility index (Phi) is 4.07. The van der Waals surface area contributed by atoms with Crippen molar-refractivity contribution >= 4 is 5.69 Å². The highest BCUT2D eigenvalue weighted by Crippen LogP contribution is 2.35. The summed E-state index contributed by atoms with van der Waals surface area (Å²) in [5.41, 5.74) is 0.930. The van der Waals surface area contributed by atoms with Gasteiger partial charge in [0, 0.05) is 48.8 Å². The molecule has 3 aromatic rings. The summed E-state index contributed by atoms with van der Waals surface area (Å²) in [6, 6.07) is 10.8. The molecule has 7 heteroatoms. The summed E-state index contributed by atoms with van der Waals surface area (Å²) in [5.74, 6) is 0.949. The third-order valence-corrected chi connectivity index (χ3v) is 3.43. The highest BCUT2D eigenvalue weighted by atomic mass is 16.6. The molecule has 0 atom stereocenters. The number of hydrogen-bond donors (Lipinski definition) is 0. The Balaban J connectivity index is 2.12. The van der Waals surface area contributed by atoms with E-state index in [9.17, 15) is 14.9 Å². The molecule has 0 fully saturated rings. The number of aromatic nitrogens is 2. The van der Waals surface area contributed by atoms with Gasteiger partial charge in [0.05, 0.1) is 11.1 Å². The quantitative estimate of drug-likeness (QED) is 0.543. The number of benzene rings is 1. The fourth-order valence-corrected chi connectivity index (χ4v) is 2.23. The number of ether oxygens (including phenoxy) is 1. The second-order valence-electron chi connectivity index (χ2n) is 5.10. The predicted molar refractivity (Wildman–Crippen MR) is 88.1 cm³/mol. The highest BCUT2D eigenvalue weighted by Gasteiger charge is 2.15. The Morgan fingerprint density at radius 3 is 2.71 bits per heavy atom. The van der Waals surface area contributed by atoms with E-state index < -0.39 is 4.92 Å². The lowest BCUT2D eigenvalue weighted by Gasteiger charge is -2.12. The van der Waals surface area contributed by atoms with Gasteiger partial charge in [-0.25, -0.2) is 0 Å². The zero-order valence-electron chi connectivity index (χ0n) is 12.7. The number of non-ortho nitro benzene ring substituents is 1. The first-order valence-corrected chi connectivity index (χ1v) is 7.08. The molecule has 0 aliphatic carbocycles. The van der Waals surface area contributed by atoms with Crippen molar-refractivity contribution in [3.63, 3.8) is 0 Å². The van der Waals surface area contributed by atoms with Crippen molar-refractivity contribution in [2.75, 3.05) is 0 Å². The summed E-state index contributed by atoms with van der Waals surface area (Å²) in [7, 11) is 1.62. The number of nitrogens with zero attached hydrogens (tertiary/aromatic N) is 3. The summed E-state index contributed by atoms with van der Waals surface area (Å²) in [6.45, 7) is 0. The van der Waals surface area contributed by atoms with Crippen LogP contribution < -0.4 is 10.3 Å². The van der Waals surface area contributed by atoms with Gasteiger partial charge in [0.1, 0.15) is 11.5 Å². The van der Waals surface area contributed by atoms with Crippen molar-refractivity contribution in [3.05, 3.63) is 81.5 Å². The van der Waals surface area contributed by atoms with E-state index in [2.05, 4.69) is 4.98 Å². The normalized spacial score (nSPS) is 10.4. The molecule has 0 bridgehead atoms. The Labute approximate surface area is 136 Å². The monoisotopic (exact) mass is 323 g/mol. The van der Waals surface area contributed by atoms with Crippen molar-refractivity contribution < 1.29 is 9.66 Å². The first-order valence-electron chi connectivity index (χ1n) is 7.08. The molecule has 3 rings (SSSR count). The van der Waals surface area contributed by atoms with Crippen LogP contribution >= 0.6 is 0 Å². The van der Waals surface area contributed by atoms with Crippen LogP contribution in [0.25, 0.3) is 11.1 Å². The van der Waals surface area contributed by atoms with E-state index in [0.717, 1.165) is 0 Å². The molecule has 0 spiro atoms. The van der Waals surface area contributed by atoms with Crippen molar-refractivity contribution in [1.29, 1.82) is 0 Å². The van der Waals surface area contributed by atoms with Crippen molar-refractivity contribution in [1.82, 2.24) is 9.55 Å². The fourth-order valence-electron chi connectivity index (χ4n) is 2.23. The molecule has 0 unspecified atom stereocenters. The molecule has 0 aliphatic rings. The van der Waals surface area contributed by atoms with Crippen LogP contribution in [0.5, 0.6) is 11.5 Å². The molecule has 0 N–H and O–H groups in total. The minimum Gasteiger partial charge on any atom is -0.455 e. The minimum absolute atomic E-state index is 0.0580. The molecule has 2 aromatic heterocycles. The van der Waals surface area contributed by atoms with Crippen LogP contribution in [0.3, 0.4) is 0 Å². The molecule has 2 heterocycles. The molecular weight excluding hydrogens is 310 g/mol. The lowest BCUT2D eigenvalue weighted by atomic mass is 10.1. The van der Waals surface area contributed by atoms with Crippen LogP contribution in [0.4, 0.5) is 5.69 Å². The number of nitro benzene ring substituents is 1. The maximum Gasteiger partial charge on any atom is 0.270 e. The zero-order chi connectivity index (χ0) is 17.1. The molecule has 0 radical (unpaired) electrons. The number of aryl methyl sites for hydroxylation is 1. The highest BCUT2D eigenvalue weighted by molar-refractivity contribution is 5.72. The molecule has 7 nitrogen and oxygen atoms in total. The van der Waals surface area contributed by atoms with Crippen LogP contribution in [-0.2, 0) is 7.05 Å². The van der Waals surface area contributed by atoms with E-state index in [1.807, 2.05) is 0 Å². The lowest BCUT2D eigenvalue weighted by Crippen LogP contribution is -2.14. The SMILES string of the molecule is Cn1cc(-c2cc([N+](=O)[O-])ccc2Oc2cccnc2)ccc1=O. The average molecular weight is 323 g/mol. The number of hydrogen-bond acceptors (Lipinski definition) is 5. The zero-order valence-corrected chi connectivity index (χ0v) is 12.7. The Bertz CT molecular complexity index is 952. The van der Waals surface area contributed by atoms with Crippen molar-refractivity contribution in [2.24, 2.45) is 7.05 Å². The molecule has 0 amide bonds. The van der Waals surface area contributed by atoms with Gasteiger partial charge in [-0.1, -0.05) is 0 Å². The summed E-state index contributed by atoms with van der Waals surface area (Å²) < 4.78 is 7.20. The minimum atomic E-state index is -0.473. The summed E-state index contributed by atoms with van der Waals surface area (Å²) in [4.78, 5) is 26.1. The van der Waals surface area contributed by atoms with Crippen LogP contribution in [0.15, 0.2) is 65.8 Å². The second-order valence-corrected chi connectivity index (χ2v) is 5.10. The van der Waals surface area contributed by atoms with E-state index in [1.165, 1.54) is 28.8 Å². The summed E-state index contributed by atoms with van der Waals surface area (Å²) >= 11 is 0. The van der Waals surface area contributed by atoms with Crippen LogP contribution in [0.2, 0.25) is 0 Å². The van der Waals surface area contributed by atoms with Crippen LogP contribution in [-0.4, -0.2) is 14.5 Å². The van der Waals surface area contributed by atoms with E-state index in [1.54, 1.807) is 43.8 Å². The second kappa shape index (κ2) is 6.33. The lowest BCUT2D eigenvalue weighted by molar-refractivity contribution is -0.384. The predicted octanol–water partition coefficient (Wildman–Crippen LogP) is 3.15. The Morgan fingerprint density at radius 1 is 1.21 bits per heavy atom. The third kappa shape index (κ3) is 3.14. The average Bonchev–Trinajstić information content (AvgIpc) is 2.58. The van der Waals surface area contributed by atoms with Crippen LogP contribution in [0.1, 0.15) is 0 Å². The Hall–Kier alpha value is -3.48. The summed E-state index contributed by atoms with van der Waals surface area (Å²) in [5, 5.41) is 11.1. The van der Waals surface area contributed by atoms with Gasteiger partial charge in [-0.3, -0.25) is 19.9 Å². The van der Waals surface area contributed by atoms with Crippen LogP contribution in [0, 0.1) is 10.1 Å². The van der Waals surface area contributed by atoms with Crippen molar-refractivity contribution in [2.45, 2.75) is 0 Å². The first kappa shape index (κ1) is 15.4. The largest absolute Gasteiger partial charge is 0.455 e. The summed E-state index contributed by atoms with van der Waals surface area (Å²) in [6.07, 6.45) is 4.78. The van der Waals surface area contributed by atoms with Gasteiger partial charge in [0.2, 0.25) is 5.56 Å². The number of pyridine rings is 2. The van der Waals surface area contributed by atoms with Gasteiger partial charge >= 0.3 is 0 Å². The van der Waals surface area contributed by atoms with Gasteiger partial charge in [-0.2, -0.15) is 0 Å². The molecule has 0 aliphatic heterocycles. The van der Waals surface area contributed by atoms with Crippen molar-refractivity contribution in [3.8, 4) is 22.6 Å². The van der Waals surface area contributed by atoms with Gasteiger partial charge in [0.15, 0.2) is 0 Å². The van der Waals surface area contributed by atoms with Gasteiger partial charge in [-0.15, -0.1) is 0 Å². The maximum atomic E-state index is 11.6. The van der Waals surface area contributed by atoms with Gasteiger partial charge in [-0.05, 0) is 24.3 Å². The Morgan fingerprint density at radius 2 is 2.04 bits per heavy atom. The molecule has 1 aromatic carbocycles. The fraction of sp³-hybridized carbons (Fsp3) is 0.0588. The molecule has 0 saturated carbocycles. The smallest absolute Gasteiger partial charge is 0.270 e. The number of rotatable bonds is 4. The molecule has 0 saturated heterocycles.